The number of allylic oxidation sites excluding steroid dienone is 1. The van der Waals surface area contributed by atoms with E-state index in [2.05, 4.69) is 4.99 Å². The largest absolute Gasteiger partial charge is 0.488 e. The quantitative estimate of drug-likeness (QED) is 0.284. The monoisotopic (exact) mass is 558 g/mol. The van der Waals surface area contributed by atoms with Crippen molar-refractivity contribution in [3.8, 4) is 5.75 Å². The van der Waals surface area contributed by atoms with Crippen LogP contribution in [-0.2, 0) is 16.1 Å². The van der Waals surface area contributed by atoms with Crippen LogP contribution in [0.1, 0.15) is 43.5 Å². The van der Waals surface area contributed by atoms with Crippen molar-refractivity contribution in [1.29, 1.82) is 0 Å². The third-order valence-electron chi connectivity index (χ3n) is 6.21. The van der Waals surface area contributed by atoms with Crippen molar-refractivity contribution in [2.75, 3.05) is 0 Å². The number of esters is 1. The highest BCUT2D eigenvalue weighted by Gasteiger charge is 2.33. The molecule has 0 N–H and O–H groups in total. The summed E-state index contributed by atoms with van der Waals surface area (Å²) in [4.78, 5) is 32.2. The maximum atomic E-state index is 13.9. The third kappa shape index (κ3) is 5.75. The second-order valence-electron chi connectivity index (χ2n) is 9.40. The van der Waals surface area contributed by atoms with Gasteiger partial charge in [0.25, 0.3) is 5.56 Å². The molecule has 39 heavy (non-hydrogen) atoms. The predicted molar refractivity (Wildman–Crippen MR) is 154 cm³/mol. The Morgan fingerprint density at radius 2 is 1.74 bits per heavy atom. The van der Waals surface area contributed by atoms with E-state index in [0.29, 0.717) is 38.0 Å². The molecule has 5 rings (SSSR count). The van der Waals surface area contributed by atoms with Crippen LogP contribution in [0.4, 0.5) is 0 Å². The molecule has 1 unspecified atom stereocenters. The second kappa shape index (κ2) is 11.4. The Bertz CT molecular complexity index is 1720. The zero-order valence-corrected chi connectivity index (χ0v) is 23.3. The first-order valence-corrected chi connectivity index (χ1v) is 13.8. The van der Waals surface area contributed by atoms with Crippen LogP contribution < -0.4 is 19.6 Å². The molecule has 0 spiro atoms. The number of rotatable bonds is 7. The lowest BCUT2D eigenvalue weighted by molar-refractivity contribution is -0.143. The van der Waals surface area contributed by atoms with Gasteiger partial charge in [-0.15, -0.1) is 0 Å². The van der Waals surface area contributed by atoms with Gasteiger partial charge >= 0.3 is 5.97 Å². The van der Waals surface area contributed by atoms with Gasteiger partial charge in [0.2, 0.25) is 0 Å². The van der Waals surface area contributed by atoms with E-state index < -0.39 is 12.0 Å². The minimum atomic E-state index is -0.646. The van der Waals surface area contributed by atoms with E-state index in [-0.39, 0.29) is 11.7 Å². The smallest absolute Gasteiger partial charge is 0.338 e. The van der Waals surface area contributed by atoms with Gasteiger partial charge in [-0.25, -0.2) is 9.79 Å². The number of hydrogen-bond acceptors (Lipinski definition) is 6. The molecule has 4 aromatic rings. The Morgan fingerprint density at radius 3 is 2.46 bits per heavy atom. The topological polar surface area (TPSA) is 69.9 Å². The molecule has 1 aliphatic heterocycles. The van der Waals surface area contributed by atoms with Crippen molar-refractivity contribution in [2.45, 2.75) is 39.5 Å². The lowest BCUT2D eigenvalue weighted by Crippen LogP contribution is -2.40. The molecule has 1 aliphatic rings. The Hall–Kier alpha value is -3.94. The molecule has 3 aromatic carbocycles. The van der Waals surface area contributed by atoms with Crippen LogP contribution in [0.2, 0.25) is 5.02 Å². The van der Waals surface area contributed by atoms with E-state index in [0.717, 1.165) is 16.7 Å². The number of benzene rings is 3. The van der Waals surface area contributed by atoms with Gasteiger partial charge in [-0.3, -0.25) is 9.36 Å². The van der Waals surface area contributed by atoms with E-state index in [4.69, 9.17) is 21.1 Å². The molecule has 2 heterocycles. The SMILES string of the molecule is CC1=C(C(=O)OC(C)C)C(c2ccccc2)n2c(sc(=Cc3ccccc3OCc3ccc(Cl)cc3)c2=O)=N1. The maximum Gasteiger partial charge on any atom is 0.338 e. The van der Waals surface area contributed by atoms with E-state index in [1.165, 1.54) is 11.3 Å². The number of para-hydroxylation sites is 1. The highest BCUT2D eigenvalue weighted by Crippen LogP contribution is 2.31. The summed E-state index contributed by atoms with van der Waals surface area (Å²) in [5.74, 6) is 0.172. The van der Waals surface area contributed by atoms with Crippen molar-refractivity contribution in [2.24, 2.45) is 4.99 Å². The normalized spacial score (nSPS) is 15.2. The molecule has 0 amide bonds. The number of halogens is 1. The van der Waals surface area contributed by atoms with Crippen LogP contribution in [0.5, 0.6) is 5.75 Å². The summed E-state index contributed by atoms with van der Waals surface area (Å²) in [6.45, 7) is 5.74. The van der Waals surface area contributed by atoms with Gasteiger partial charge in [-0.1, -0.05) is 83.6 Å². The molecule has 0 saturated heterocycles. The molecule has 0 aliphatic carbocycles. The summed E-state index contributed by atoms with van der Waals surface area (Å²) in [5.41, 5.74) is 3.22. The fourth-order valence-corrected chi connectivity index (χ4v) is 5.59. The number of fused-ring (bicyclic) bond motifs is 1. The molecule has 1 atom stereocenters. The predicted octanol–water partition coefficient (Wildman–Crippen LogP) is 5.42. The van der Waals surface area contributed by atoms with Crippen molar-refractivity contribution in [3.63, 3.8) is 0 Å². The molecule has 1 aromatic heterocycles. The highest BCUT2D eigenvalue weighted by atomic mass is 35.5. The number of thiazole rings is 1. The summed E-state index contributed by atoms with van der Waals surface area (Å²) in [6.07, 6.45) is 1.51. The first kappa shape index (κ1) is 26.7. The van der Waals surface area contributed by atoms with Gasteiger partial charge in [-0.05, 0) is 56.2 Å². The van der Waals surface area contributed by atoms with Crippen LogP contribution in [0.3, 0.4) is 0 Å². The number of ether oxygens (including phenoxy) is 2. The lowest BCUT2D eigenvalue weighted by Gasteiger charge is -2.25. The first-order chi connectivity index (χ1) is 18.8. The van der Waals surface area contributed by atoms with Crippen LogP contribution in [0.25, 0.3) is 6.08 Å². The van der Waals surface area contributed by atoms with Crippen molar-refractivity contribution < 1.29 is 14.3 Å². The zero-order valence-electron chi connectivity index (χ0n) is 21.8. The summed E-state index contributed by atoms with van der Waals surface area (Å²) in [6, 6.07) is 23.9. The van der Waals surface area contributed by atoms with Gasteiger partial charge < -0.3 is 9.47 Å². The zero-order chi connectivity index (χ0) is 27.5. The molecular formula is C31H27ClN2O4S. The number of nitrogens with zero attached hydrogens (tertiary/aromatic N) is 2. The summed E-state index contributed by atoms with van der Waals surface area (Å²) in [5, 5.41) is 0.666. The van der Waals surface area contributed by atoms with E-state index in [9.17, 15) is 9.59 Å². The molecule has 6 nitrogen and oxygen atoms in total. The second-order valence-corrected chi connectivity index (χ2v) is 10.8. The highest BCUT2D eigenvalue weighted by molar-refractivity contribution is 7.07. The Labute approximate surface area is 235 Å². The van der Waals surface area contributed by atoms with E-state index in [1.807, 2.05) is 84.9 Å². The lowest BCUT2D eigenvalue weighted by atomic mass is 9.96. The van der Waals surface area contributed by atoms with Crippen LogP contribution in [0, 0.1) is 0 Å². The summed E-state index contributed by atoms with van der Waals surface area (Å²) in [7, 11) is 0. The molecule has 0 saturated carbocycles. The minimum absolute atomic E-state index is 0.234. The fourth-order valence-electron chi connectivity index (χ4n) is 4.43. The van der Waals surface area contributed by atoms with Gasteiger partial charge in [0, 0.05) is 10.6 Å². The average molecular weight is 559 g/mol. The Kier molecular flexibility index (Phi) is 7.82. The number of carbonyl (C=O) groups is 1. The van der Waals surface area contributed by atoms with Gasteiger partial charge in [-0.2, -0.15) is 0 Å². The van der Waals surface area contributed by atoms with Crippen LogP contribution >= 0.6 is 22.9 Å². The molecule has 8 heteroatoms. The Morgan fingerprint density at radius 1 is 1.05 bits per heavy atom. The van der Waals surface area contributed by atoms with E-state index >= 15 is 0 Å². The van der Waals surface area contributed by atoms with Crippen molar-refractivity contribution >= 4 is 35.0 Å². The van der Waals surface area contributed by atoms with E-state index in [1.54, 1.807) is 25.3 Å². The van der Waals surface area contributed by atoms with Gasteiger partial charge in [0.1, 0.15) is 12.4 Å². The summed E-state index contributed by atoms with van der Waals surface area (Å²) >= 11 is 7.28. The number of carbonyl (C=O) groups excluding carboxylic acids is 1. The van der Waals surface area contributed by atoms with Gasteiger partial charge in [0.05, 0.1) is 27.9 Å². The minimum Gasteiger partial charge on any atom is -0.488 e. The number of aromatic nitrogens is 1. The molecule has 0 bridgehead atoms. The van der Waals surface area contributed by atoms with Crippen molar-refractivity contribution in [3.05, 3.63) is 132 Å². The van der Waals surface area contributed by atoms with Crippen LogP contribution in [-0.4, -0.2) is 16.6 Å². The maximum absolute atomic E-state index is 13.9. The average Bonchev–Trinajstić information content (AvgIpc) is 3.22. The molecular weight excluding hydrogens is 532 g/mol. The molecule has 0 radical (unpaired) electrons. The standard InChI is InChI=1S/C31H27ClN2O4S/c1-19(2)38-30(36)27-20(3)33-31-34(28(27)22-9-5-4-6-10-22)29(35)26(39-31)17-23-11-7-8-12-25(23)37-18-21-13-15-24(32)16-14-21/h4-17,19,28H,18H2,1-3H3. The molecule has 198 valence electrons. The Balaban J connectivity index is 1.58. The number of hydrogen-bond donors (Lipinski definition) is 0. The first-order valence-electron chi connectivity index (χ1n) is 12.6. The third-order valence-corrected chi connectivity index (χ3v) is 7.45. The molecule has 0 fully saturated rings. The fraction of sp³-hybridized carbons (Fsp3) is 0.194. The van der Waals surface area contributed by atoms with Gasteiger partial charge in [0.15, 0.2) is 4.80 Å². The summed E-state index contributed by atoms with van der Waals surface area (Å²) < 4.78 is 13.7. The van der Waals surface area contributed by atoms with Crippen molar-refractivity contribution in [1.82, 2.24) is 4.57 Å². The van der Waals surface area contributed by atoms with Crippen LogP contribution in [0.15, 0.2) is 99.9 Å².